The summed E-state index contributed by atoms with van der Waals surface area (Å²) in [5.74, 6) is -1.70. The maximum Gasteiger partial charge on any atom is 0.306 e. The van der Waals surface area contributed by atoms with Crippen molar-refractivity contribution in [2.24, 2.45) is 16.8 Å². The maximum absolute atomic E-state index is 14.1. The summed E-state index contributed by atoms with van der Waals surface area (Å²) in [6, 6.07) is 28.4. The number of fused-ring (bicyclic) bond motifs is 8. The van der Waals surface area contributed by atoms with Gasteiger partial charge >= 0.3 is 5.97 Å². The number of ketones is 2. The highest BCUT2D eigenvalue weighted by atomic mass is 16.5. The van der Waals surface area contributed by atoms with E-state index in [9.17, 15) is 38.7 Å². The minimum atomic E-state index is -0.849. The first-order valence-electron chi connectivity index (χ1n) is 25.7. The molecule has 1 saturated carbocycles. The molecule has 0 spiro atoms. The van der Waals surface area contributed by atoms with Gasteiger partial charge in [-0.05, 0) is 134 Å². The van der Waals surface area contributed by atoms with Crippen molar-refractivity contribution in [3.63, 3.8) is 0 Å². The number of nitrogens with one attached hydrogen (secondary N) is 2. The number of para-hydroxylation sites is 2. The van der Waals surface area contributed by atoms with Gasteiger partial charge in [0.2, 0.25) is 11.8 Å². The van der Waals surface area contributed by atoms with Crippen LogP contribution in [0.15, 0.2) is 96.0 Å². The summed E-state index contributed by atoms with van der Waals surface area (Å²) >= 11 is 0. The standard InChI is InChI=1S/C59H59N5O11/c1-34-21-47-48(60-30-44-26-41-8-4-6-10-50(41)64(44)58(47)70)29-52(34)74-32-35-22-36(33-75-54-27-39-15-16-43-25-40-7-3-5-9-49(40)63(43)57(69)46(39)28-53(54)73-2)24-42(23-35)62-56(68)19-17-45(65)31-61-55(67)20-18-51(66)37-11-13-38(14-12-37)59(71)72/h3-10,21-24,27-30,37-38,43-44H,11-20,25-26,31-33H2,1-2H3,(H,61,67)(H,62,68)(H,71,72)/t37?,38?,43-,44+/m1/s1. The van der Waals surface area contributed by atoms with E-state index in [2.05, 4.69) is 16.7 Å². The second kappa shape index (κ2) is 21.8. The largest absolute Gasteiger partial charge is 0.493 e. The van der Waals surface area contributed by atoms with Crippen molar-refractivity contribution in [3.8, 4) is 17.2 Å². The quantitative estimate of drug-likeness (QED) is 0.0757. The summed E-state index contributed by atoms with van der Waals surface area (Å²) in [7, 11) is 1.53. The van der Waals surface area contributed by atoms with Gasteiger partial charge in [-0.1, -0.05) is 36.4 Å². The third-order valence-electron chi connectivity index (χ3n) is 15.2. The van der Waals surface area contributed by atoms with Crippen molar-refractivity contribution in [2.75, 3.05) is 28.8 Å². The Morgan fingerprint density at radius 3 is 2.04 bits per heavy atom. The third kappa shape index (κ3) is 10.9. The molecule has 0 aromatic heterocycles. The highest BCUT2D eigenvalue weighted by molar-refractivity contribution is 6.15. The van der Waals surface area contributed by atoms with Crippen LogP contribution in [0.3, 0.4) is 0 Å². The Balaban J connectivity index is 0.812. The van der Waals surface area contributed by atoms with Crippen LogP contribution in [0.1, 0.15) is 112 Å². The Labute approximate surface area is 434 Å². The van der Waals surface area contributed by atoms with Crippen molar-refractivity contribution in [2.45, 2.75) is 109 Å². The number of aliphatic carboxylic acids is 1. The third-order valence-corrected chi connectivity index (χ3v) is 15.2. The molecule has 0 bridgehead atoms. The number of aryl methyl sites for hydroxylation is 2. The summed E-state index contributed by atoms with van der Waals surface area (Å²) in [4.78, 5) is 99.4. The Morgan fingerprint density at radius 2 is 1.32 bits per heavy atom. The molecule has 3 N–H and O–H groups in total. The van der Waals surface area contributed by atoms with E-state index in [0.29, 0.717) is 89.4 Å². The molecule has 1 fully saturated rings. The van der Waals surface area contributed by atoms with Gasteiger partial charge in [0.25, 0.3) is 11.8 Å². The lowest BCUT2D eigenvalue weighted by molar-refractivity contribution is -0.144. The number of hydrogen-bond donors (Lipinski definition) is 3. The summed E-state index contributed by atoms with van der Waals surface area (Å²) < 4.78 is 18.7. The molecule has 5 aromatic rings. The van der Waals surface area contributed by atoms with Crippen molar-refractivity contribution in [1.82, 2.24) is 5.32 Å². The monoisotopic (exact) mass is 1010 g/mol. The Hall–Kier alpha value is -8.14. The van der Waals surface area contributed by atoms with E-state index in [4.69, 9.17) is 19.2 Å². The van der Waals surface area contributed by atoms with E-state index < -0.39 is 23.7 Å². The van der Waals surface area contributed by atoms with Gasteiger partial charge in [-0.2, -0.15) is 0 Å². The summed E-state index contributed by atoms with van der Waals surface area (Å²) in [6.07, 6.45) is 6.21. The average molecular weight is 1010 g/mol. The molecule has 16 nitrogen and oxygen atoms in total. The van der Waals surface area contributed by atoms with Gasteiger partial charge in [0, 0.05) is 79.0 Å². The highest BCUT2D eigenvalue weighted by Crippen LogP contribution is 2.42. The molecule has 0 unspecified atom stereocenters. The number of nitrogens with zero attached hydrogens (tertiary/aromatic N) is 3. The lowest BCUT2D eigenvalue weighted by atomic mass is 9.79. The zero-order valence-corrected chi connectivity index (χ0v) is 42.0. The second-order valence-corrected chi connectivity index (χ2v) is 20.2. The molecule has 5 aliphatic rings. The van der Waals surface area contributed by atoms with Crippen LogP contribution in [0, 0.1) is 18.8 Å². The summed E-state index contributed by atoms with van der Waals surface area (Å²) in [6.45, 7) is 1.70. The number of rotatable bonds is 18. The van der Waals surface area contributed by atoms with Gasteiger partial charge in [0.05, 0.1) is 36.9 Å². The van der Waals surface area contributed by atoms with Gasteiger partial charge in [-0.15, -0.1) is 0 Å². The van der Waals surface area contributed by atoms with E-state index in [0.717, 1.165) is 46.5 Å². The number of hydrogen-bond acceptors (Lipinski definition) is 11. The fourth-order valence-electron chi connectivity index (χ4n) is 11.2. The number of benzene rings is 5. The fourth-order valence-corrected chi connectivity index (χ4v) is 11.2. The van der Waals surface area contributed by atoms with Crippen LogP contribution in [-0.2, 0) is 56.4 Å². The predicted molar refractivity (Wildman–Crippen MR) is 280 cm³/mol. The van der Waals surface area contributed by atoms with Crippen LogP contribution in [0.4, 0.5) is 22.7 Å². The van der Waals surface area contributed by atoms with Crippen LogP contribution in [-0.4, -0.2) is 78.2 Å². The molecular formula is C59H59N5O11. The normalized spacial score (nSPS) is 19.0. The van der Waals surface area contributed by atoms with E-state index in [1.807, 2.05) is 72.6 Å². The van der Waals surface area contributed by atoms with Gasteiger partial charge in [0.1, 0.15) is 24.7 Å². The summed E-state index contributed by atoms with van der Waals surface area (Å²) in [5.41, 5.74) is 9.01. The number of anilines is 3. The number of carbonyl (C=O) groups is 7. The molecular weight excluding hydrogens is 955 g/mol. The maximum atomic E-state index is 14.1. The molecule has 10 rings (SSSR count). The lowest BCUT2D eigenvalue weighted by Gasteiger charge is -2.24. The van der Waals surface area contributed by atoms with Gasteiger partial charge < -0.3 is 34.9 Å². The minimum Gasteiger partial charge on any atom is -0.493 e. The molecule has 4 amide bonds. The van der Waals surface area contributed by atoms with Gasteiger partial charge in [-0.25, -0.2) is 0 Å². The van der Waals surface area contributed by atoms with E-state index >= 15 is 0 Å². The first kappa shape index (κ1) is 50.4. The number of carbonyl (C=O) groups excluding carboxylic acids is 6. The number of amides is 4. The molecule has 0 radical (unpaired) electrons. The molecule has 4 heterocycles. The molecule has 1 aliphatic carbocycles. The van der Waals surface area contributed by atoms with Crippen molar-refractivity contribution in [3.05, 3.63) is 136 Å². The smallest absolute Gasteiger partial charge is 0.306 e. The molecule has 0 saturated heterocycles. The number of Topliss-reactive ketones (excluding diaryl/α,β-unsaturated/α-hetero) is 2. The molecule has 4 aliphatic heterocycles. The topological polar surface area (TPSA) is 210 Å². The van der Waals surface area contributed by atoms with E-state index in [1.165, 1.54) is 7.11 Å². The Morgan fingerprint density at radius 1 is 0.667 bits per heavy atom. The number of carboxylic acid groups (broad SMARTS) is 1. The molecule has 2 atom stereocenters. The van der Waals surface area contributed by atoms with Crippen LogP contribution >= 0.6 is 0 Å². The Kier molecular flexibility index (Phi) is 14.6. The summed E-state index contributed by atoms with van der Waals surface area (Å²) in [5, 5.41) is 14.7. The first-order chi connectivity index (χ1) is 36.3. The number of carboxylic acids is 1. The first-order valence-corrected chi connectivity index (χ1v) is 25.7. The van der Waals surface area contributed by atoms with Crippen molar-refractivity contribution in [1.29, 1.82) is 0 Å². The van der Waals surface area contributed by atoms with Crippen LogP contribution in [0.5, 0.6) is 17.2 Å². The van der Waals surface area contributed by atoms with Crippen molar-refractivity contribution >= 4 is 70.1 Å². The SMILES string of the molecule is COc1cc2c(cc1OCc1cc(COc3cc4c(cc3C)C(=O)N3c5ccccc5C[C@H]3C=N4)cc(NC(=O)CCC(=O)CNC(=O)CCC(=O)C3CCC(C(=O)O)CC3)c1)CC[C@@H]1Cc3ccccc3N1C2=O. The predicted octanol–water partition coefficient (Wildman–Crippen LogP) is 8.61. The highest BCUT2D eigenvalue weighted by Gasteiger charge is 2.39. The zero-order chi connectivity index (χ0) is 52.3. The van der Waals surface area contributed by atoms with Gasteiger partial charge in [0.15, 0.2) is 17.3 Å². The second-order valence-electron chi connectivity index (χ2n) is 20.2. The fraction of sp³-hybridized carbons (Fsp3) is 0.356. The zero-order valence-electron chi connectivity index (χ0n) is 42.0. The lowest BCUT2D eigenvalue weighted by Crippen LogP contribution is -2.37. The van der Waals surface area contributed by atoms with Crippen LogP contribution in [0.2, 0.25) is 0 Å². The van der Waals surface area contributed by atoms with Crippen LogP contribution in [0.25, 0.3) is 0 Å². The van der Waals surface area contributed by atoms with Gasteiger partial charge in [-0.3, -0.25) is 43.5 Å². The molecule has 5 aromatic carbocycles. The number of aliphatic imine (C=N–C) groups is 1. The molecule has 75 heavy (non-hydrogen) atoms. The minimum absolute atomic E-state index is 0.0104. The average Bonchev–Trinajstić information content (AvgIpc) is 3.92. The van der Waals surface area contributed by atoms with E-state index in [1.54, 1.807) is 35.2 Å². The Bertz CT molecular complexity index is 3160. The number of methoxy groups -OCH3 is 1. The number of ether oxygens (including phenoxy) is 3. The van der Waals surface area contributed by atoms with Crippen LogP contribution < -0.4 is 34.6 Å². The molecule has 16 heteroatoms. The van der Waals surface area contributed by atoms with E-state index in [-0.39, 0.29) is 86.8 Å². The molecule has 386 valence electrons. The van der Waals surface area contributed by atoms with Crippen molar-refractivity contribution < 1.29 is 52.9 Å².